The van der Waals surface area contributed by atoms with E-state index in [9.17, 15) is 0 Å². The first-order valence-corrected chi connectivity index (χ1v) is 13.1. The Hall–Kier alpha value is -0.426. The lowest BCUT2D eigenvalue weighted by Crippen LogP contribution is -2.43. The van der Waals surface area contributed by atoms with E-state index in [2.05, 4.69) is 71.2 Å². The second kappa shape index (κ2) is 6.14. The molecule has 0 saturated carbocycles. The van der Waals surface area contributed by atoms with E-state index in [-0.39, 0.29) is 5.04 Å². The molecule has 0 unspecified atom stereocenters. The molecule has 0 bridgehead atoms. The molecule has 0 aromatic heterocycles. The minimum absolute atomic E-state index is 0.262. The monoisotopic (exact) mass is 310 g/mol. The highest BCUT2D eigenvalue weighted by molar-refractivity contribution is 6.84. The predicted octanol–water partition coefficient (Wildman–Crippen LogP) is 4.27. The average molecular weight is 311 g/mol. The van der Waals surface area contributed by atoms with Crippen molar-refractivity contribution in [3.63, 3.8) is 0 Å². The second-order valence-corrected chi connectivity index (χ2v) is 16.3. The van der Waals surface area contributed by atoms with Gasteiger partial charge in [0.2, 0.25) is 8.32 Å². The van der Waals surface area contributed by atoms with E-state index in [1.165, 1.54) is 10.8 Å². The minimum Gasteiger partial charge on any atom is -0.416 e. The first kappa shape index (κ1) is 17.6. The summed E-state index contributed by atoms with van der Waals surface area (Å²) in [6, 6.07) is 8.74. The van der Waals surface area contributed by atoms with Crippen LogP contribution in [-0.4, -0.2) is 23.7 Å². The van der Waals surface area contributed by atoms with Gasteiger partial charge in [0.05, 0.1) is 6.61 Å². The molecule has 1 aromatic rings. The fourth-order valence-corrected chi connectivity index (χ4v) is 3.77. The lowest BCUT2D eigenvalue weighted by atomic mass is 10.2. The van der Waals surface area contributed by atoms with Crippen LogP contribution in [0.25, 0.3) is 0 Å². The summed E-state index contributed by atoms with van der Waals surface area (Å²) < 4.78 is 11.9. The molecule has 0 heterocycles. The molecule has 1 aromatic carbocycles. The zero-order valence-electron chi connectivity index (χ0n) is 14.3. The molecule has 20 heavy (non-hydrogen) atoms. The van der Waals surface area contributed by atoms with E-state index in [0.717, 1.165) is 0 Å². The summed E-state index contributed by atoms with van der Waals surface area (Å²) in [4.78, 5) is 0. The summed E-state index contributed by atoms with van der Waals surface area (Å²) in [5.74, 6) is 0. The van der Waals surface area contributed by atoms with Crippen molar-refractivity contribution in [3.05, 3.63) is 29.8 Å². The number of rotatable bonds is 5. The molecule has 4 heteroatoms. The number of hydrogen-bond acceptors (Lipinski definition) is 2. The Labute approximate surface area is 126 Å². The van der Waals surface area contributed by atoms with Crippen molar-refractivity contribution in [2.75, 3.05) is 7.11 Å². The standard InChI is InChI=1S/C16H30O2Si2/c1-16(2,3)20(7,8)18-13-14-9-11-15(12-10-14)19(5,6)17-4/h9-12H,13H2,1-8H3. The fourth-order valence-electron chi connectivity index (χ4n) is 1.60. The van der Waals surface area contributed by atoms with Gasteiger partial charge in [0.1, 0.15) is 0 Å². The van der Waals surface area contributed by atoms with E-state index in [1.807, 2.05) is 0 Å². The Morgan fingerprint density at radius 3 is 1.85 bits per heavy atom. The Kier molecular flexibility index (Phi) is 5.41. The summed E-state index contributed by atoms with van der Waals surface area (Å²) in [5.41, 5.74) is 1.25. The predicted molar refractivity (Wildman–Crippen MR) is 92.6 cm³/mol. The molecule has 0 fully saturated rings. The SMILES string of the molecule is CO[Si](C)(C)c1ccc(CO[Si](C)(C)C(C)(C)C)cc1. The third-order valence-electron chi connectivity index (χ3n) is 4.57. The van der Waals surface area contributed by atoms with Gasteiger partial charge in [-0.25, -0.2) is 0 Å². The molecule has 2 nitrogen and oxygen atoms in total. The van der Waals surface area contributed by atoms with Crippen LogP contribution in [-0.2, 0) is 15.5 Å². The quantitative estimate of drug-likeness (QED) is 0.756. The van der Waals surface area contributed by atoms with Gasteiger partial charge in [-0.05, 0) is 42.0 Å². The van der Waals surface area contributed by atoms with Gasteiger partial charge in [0.15, 0.2) is 8.32 Å². The molecule has 0 amide bonds. The molecule has 0 aliphatic carbocycles. The lowest BCUT2D eigenvalue weighted by molar-refractivity contribution is 0.276. The number of benzene rings is 1. The topological polar surface area (TPSA) is 18.5 Å². The first-order chi connectivity index (χ1) is 8.99. The normalized spacial score (nSPS) is 13.6. The first-order valence-electron chi connectivity index (χ1n) is 7.28. The molecule has 0 spiro atoms. The van der Waals surface area contributed by atoms with Gasteiger partial charge in [0, 0.05) is 7.11 Å². The smallest absolute Gasteiger partial charge is 0.217 e. The molecular formula is C16H30O2Si2. The Morgan fingerprint density at radius 2 is 1.45 bits per heavy atom. The molecule has 0 saturated heterocycles. The molecule has 1 rings (SSSR count). The van der Waals surface area contributed by atoms with E-state index in [1.54, 1.807) is 7.11 Å². The molecule has 0 N–H and O–H groups in total. The van der Waals surface area contributed by atoms with E-state index in [0.29, 0.717) is 6.61 Å². The van der Waals surface area contributed by atoms with Gasteiger partial charge < -0.3 is 8.85 Å². The highest BCUT2D eigenvalue weighted by Gasteiger charge is 2.37. The highest BCUT2D eigenvalue weighted by atomic mass is 28.4. The molecule has 0 radical (unpaired) electrons. The Morgan fingerprint density at radius 1 is 0.950 bits per heavy atom. The Balaban J connectivity index is 2.73. The van der Waals surface area contributed by atoms with Gasteiger partial charge in [0.25, 0.3) is 0 Å². The maximum absolute atomic E-state index is 6.25. The maximum Gasteiger partial charge on any atom is 0.217 e. The van der Waals surface area contributed by atoms with Crippen molar-refractivity contribution in [3.8, 4) is 0 Å². The largest absolute Gasteiger partial charge is 0.416 e. The molecule has 0 aliphatic rings. The highest BCUT2D eigenvalue weighted by Crippen LogP contribution is 2.36. The lowest BCUT2D eigenvalue weighted by Gasteiger charge is -2.36. The van der Waals surface area contributed by atoms with E-state index < -0.39 is 16.6 Å². The summed E-state index contributed by atoms with van der Waals surface area (Å²) in [6.07, 6.45) is 0. The zero-order chi connectivity index (χ0) is 15.6. The van der Waals surface area contributed by atoms with Crippen LogP contribution in [0, 0.1) is 0 Å². The van der Waals surface area contributed by atoms with Gasteiger partial charge in [-0.1, -0.05) is 45.0 Å². The van der Waals surface area contributed by atoms with Crippen molar-refractivity contribution in [1.82, 2.24) is 0 Å². The van der Waals surface area contributed by atoms with E-state index >= 15 is 0 Å². The minimum atomic E-state index is -1.70. The van der Waals surface area contributed by atoms with E-state index in [4.69, 9.17) is 8.85 Å². The summed E-state index contributed by atoms with van der Waals surface area (Å²) in [7, 11) is -1.55. The van der Waals surface area contributed by atoms with Gasteiger partial charge in [-0.15, -0.1) is 0 Å². The summed E-state index contributed by atoms with van der Waals surface area (Å²) in [5, 5.41) is 1.59. The van der Waals surface area contributed by atoms with Gasteiger partial charge in [-0.3, -0.25) is 0 Å². The van der Waals surface area contributed by atoms with Crippen molar-refractivity contribution in [1.29, 1.82) is 0 Å². The Bertz CT molecular complexity index is 431. The second-order valence-electron chi connectivity index (χ2n) is 7.46. The third kappa shape index (κ3) is 4.28. The van der Waals surface area contributed by atoms with Crippen LogP contribution in [0.1, 0.15) is 26.3 Å². The average Bonchev–Trinajstić information content (AvgIpc) is 2.35. The van der Waals surface area contributed by atoms with Crippen LogP contribution >= 0.6 is 0 Å². The molecule has 0 aliphatic heterocycles. The van der Waals surface area contributed by atoms with Crippen molar-refractivity contribution < 1.29 is 8.85 Å². The molecular weight excluding hydrogens is 280 g/mol. The molecule has 114 valence electrons. The van der Waals surface area contributed by atoms with Crippen molar-refractivity contribution in [2.24, 2.45) is 0 Å². The van der Waals surface area contributed by atoms with Crippen LogP contribution < -0.4 is 5.19 Å². The van der Waals surface area contributed by atoms with Crippen LogP contribution in [0.15, 0.2) is 24.3 Å². The van der Waals surface area contributed by atoms with Crippen LogP contribution in [0.4, 0.5) is 0 Å². The summed E-state index contributed by atoms with van der Waals surface area (Å²) >= 11 is 0. The summed E-state index contributed by atoms with van der Waals surface area (Å²) in [6.45, 7) is 16.6. The van der Waals surface area contributed by atoms with Crippen molar-refractivity contribution >= 4 is 21.8 Å². The van der Waals surface area contributed by atoms with Gasteiger partial charge >= 0.3 is 0 Å². The van der Waals surface area contributed by atoms with Crippen LogP contribution in [0.3, 0.4) is 0 Å². The van der Waals surface area contributed by atoms with Crippen LogP contribution in [0.2, 0.25) is 31.2 Å². The number of hydrogen-bond donors (Lipinski definition) is 0. The van der Waals surface area contributed by atoms with Gasteiger partial charge in [-0.2, -0.15) is 0 Å². The van der Waals surface area contributed by atoms with Crippen molar-refractivity contribution in [2.45, 2.75) is 58.6 Å². The molecule has 0 atom stereocenters. The fraction of sp³-hybridized carbons (Fsp3) is 0.625. The maximum atomic E-state index is 6.25. The zero-order valence-corrected chi connectivity index (χ0v) is 16.3. The van der Waals surface area contributed by atoms with Crippen LogP contribution in [0.5, 0.6) is 0 Å². The third-order valence-corrected chi connectivity index (χ3v) is 11.8.